The standard InChI is InChI=1S/C28H29BrN6O2/c1-15-8-7-9-16(2)22(15)32-26(36)23-18-13-28(3,4)19-14-30-27(33-24(19)25(18)35(5)34-23)31-20-11-10-17(29)12-21(20)37-6/h7-12,14H,13H2,1-6H3,(H,32,36)(H,30,31,33). The normalized spacial score (nSPS) is 13.5. The maximum atomic E-state index is 13.5. The number of nitrogens with zero attached hydrogens (tertiary/aromatic N) is 4. The summed E-state index contributed by atoms with van der Waals surface area (Å²) in [6.07, 6.45) is 2.51. The summed E-state index contributed by atoms with van der Waals surface area (Å²) in [7, 11) is 3.47. The molecule has 2 aromatic heterocycles. The van der Waals surface area contributed by atoms with Crippen molar-refractivity contribution < 1.29 is 9.53 Å². The van der Waals surface area contributed by atoms with E-state index >= 15 is 0 Å². The van der Waals surface area contributed by atoms with Crippen LogP contribution < -0.4 is 15.4 Å². The van der Waals surface area contributed by atoms with Crippen molar-refractivity contribution in [2.45, 2.75) is 39.5 Å². The van der Waals surface area contributed by atoms with Crippen molar-refractivity contribution in [1.29, 1.82) is 0 Å². The van der Waals surface area contributed by atoms with E-state index in [0.717, 1.165) is 49.5 Å². The fourth-order valence-corrected chi connectivity index (χ4v) is 5.28. The third-order valence-electron chi connectivity index (χ3n) is 6.85. The molecule has 37 heavy (non-hydrogen) atoms. The average molecular weight is 561 g/mol. The Labute approximate surface area is 224 Å². The van der Waals surface area contributed by atoms with Gasteiger partial charge in [0.2, 0.25) is 5.95 Å². The Balaban J connectivity index is 1.56. The number of ether oxygens (including phenoxy) is 1. The van der Waals surface area contributed by atoms with Crippen LogP contribution in [0.3, 0.4) is 0 Å². The van der Waals surface area contributed by atoms with Crippen LogP contribution in [0.2, 0.25) is 0 Å². The van der Waals surface area contributed by atoms with E-state index < -0.39 is 0 Å². The van der Waals surface area contributed by atoms with Gasteiger partial charge >= 0.3 is 0 Å². The Bertz CT molecular complexity index is 1520. The van der Waals surface area contributed by atoms with E-state index in [0.29, 0.717) is 23.8 Å². The molecule has 190 valence electrons. The van der Waals surface area contributed by atoms with Gasteiger partial charge < -0.3 is 15.4 Å². The zero-order valence-corrected chi connectivity index (χ0v) is 23.3. The summed E-state index contributed by atoms with van der Waals surface area (Å²) in [5.41, 5.74) is 7.21. The minimum atomic E-state index is -0.285. The lowest BCUT2D eigenvalue weighted by molar-refractivity contribution is 0.102. The van der Waals surface area contributed by atoms with E-state index in [1.165, 1.54) is 0 Å². The molecule has 2 aromatic carbocycles. The molecule has 2 heterocycles. The number of methoxy groups -OCH3 is 1. The molecule has 1 amide bonds. The first-order chi connectivity index (χ1) is 17.6. The number of anilines is 3. The fraction of sp³-hybridized carbons (Fsp3) is 0.286. The van der Waals surface area contributed by atoms with Gasteiger partial charge in [-0.05, 0) is 55.0 Å². The molecule has 0 bridgehead atoms. The van der Waals surface area contributed by atoms with Crippen LogP contribution in [-0.2, 0) is 18.9 Å². The number of carbonyl (C=O) groups is 1. The molecule has 5 rings (SSSR count). The van der Waals surface area contributed by atoms with Crippen LogP contribution in [0.5, 0.6) is 5.75 Å². The van der Waals surface area contributed by atoms with Crippen LogP contribution in [0.15, 0.2) is 47.1 Å². The van der Waals surface area contributed by atoms with Gasteiger partial charge in [0.25, 0.3) is 5.91 Å². The SMILES string of the molecule is COc1cc(Br)ccc1Nc1ncc2c(n1)-c1c(c(C(=O)Nc3c(C)cccc3C)nn1C)CC2(C)C. The number of hydrogen-bond acceptors (Lipinski definition) is 6. The third kappa shape index (κ3) is 4.48. The Hall–Kier alpha value is -3.72. The number of aryl methyl sites for hydroxylation is 3. The van der Waals surface area contributed by atoms with Gasteiger partial charge in [-0.2, -0.15) is 5.10 Å². The van der Waals surface area contributed by atoms with Crippen molar-refractivity contribution in [1.82, 2.24) is 19.7 Å². The predicted molar refractivity (Wildman–Crippen MR) is 149 cm³/mol. The van der Waals surface area contributed by atoms with Crippen LogP contribution in [0.25, 0.3) is 11.4 Å². The van der Waals surface area contributed by atoms with E-state index in [9.17, 15) is 4.79 Å². The van der Waals surface area contributed by atoms with E-state index in [-0.39, 0.29) is 11.3 Å². The topological polar surface area (TPSA) is 94.0 Å². The molecule has 1 aliphatic rings. The highest BCUT2D eigenvalue weighted by molar-refractivity contribution is 9.10. The number of fused-ring (bicyclic) bond motifs is 3. The van der Waals surface area contributed by atoms with Crippen molar-refractivity contribution in [2.75, 3.05) is 17.7 Å². The molecule has 4 aromatic rings. The quantitative estimate of drug-likeness (QED) is 0.306. The minimum Gasteiger partial charge on any atom is -0.495 e. The van der Waals surface area contributed by atoms with Crippen LogP contribution in [0.1, 0.15) is 46.6 Å². The van der Waals surface area contributed by atoms with Gasteiger partial charge in [-0.15, -0.1) is 0 Å². The van der Waals surface area contributed by atoms with Gasteiger partial charge in [0.05, 0.1) is 24.2 Å². The summed E-state index contributed by atoms with van der Waals surface area (Å²) in [6.45, 7) is 8.26. The molecule has 1 aliphatic carbocycles. The number of carbonyl (C=O) groups excluding carboxylic acids is 1. The van der Waals surface area contributed by atoms with Gasteiger partial charge in [0, 0.05) is 34.5 Å². The Kier molecular flexibility index (Phi) is 6.27. The molecular weight excluding hydrogens is 532 g/mol. The molecule has 0 saturated carbocycles. The third-order valence-corrected chi connectivity index (χ3v) is 7.34. The summed E-state index contributed by atoms with van der Waals surface area (Å²) in [6, 6.07) is 11.7. The minimum absolute atomic E-state index is 0.222. The number of amides is 1. The second-order valence-corrected chi connectivity index (χ2v) is 10.9. The van der Waals surface area contributed by atoms with Gasteiger partial charge in [-0.3, -0.25) is 9.48 Å². The maximum Gasteiger partial charge on any atom is 0.276 e. The van der Waals surface area contributed by atoms with Crippen LogP contribution >= 0.6 is 15.9 Å². The predicted octanol–water partition coefficient (Wildman–Crippen LogP) is 6.09. The smallest absolute Gasteiger partial charge is 0.276 e. The van der Waals surface area contributed by atoms with Crippen LogP contribution in [0, 0.1) is 13.8 Å². The first kappa shape index (κ1) is 25.0. The summed E-state index contributed by atoms with van der Waals surface area (Å²) in [5, 5.41) is 11.0. The molecule has 9 heteroatoms. The fourth-order valence-electron chi connectivity index (χ4n) is 4.94. The van der Waals surface area contributed by atoms with E-state index in [1.54, 1.807) is 11.8 Å². The molecule has 2 N–H and O–H groups in total. The van der Waals surface area contributed by atoms with E-state index in [1.807, 2.05) is 63.5 Å². The first-order valence-corrected chi connectivity index (χ1v) is 12.8. The highest BCUT2D eigenvalue weighted by atomic mass is 79.9. The summed E-state index contributed by atoms with van der Waals surface area (Å²) < 4.78 is 8.17. The Morgan fingerprint density at radius 2 is 1.89 bits per heavy atom. The summed E-state index contributed by atoms with van der Waals surface area (Å²) >= 11 is 3.47. The number of aromatic nitrogens is 4. The van der Waals surface area contributed by atoms with Crippen LogP contribution in [0.4, 0.5) is 17.3 Å². The molecule has 0 atom stereocenters. The molecule has 0 saturated heterocycles. The largest absolute Gasteiger partial charge is 0.495 e. The van der Waals surface area contributed by atoms with Gasteiger partial charge in [-0.25, -0.2) is 9.97 Å². The molecular formula is C28H29BrN6O2. The Morgan fingerprint density at radius 3 is 2.59 bits per heavy atom. The monoisotopic (exact) mass is 560 g/mol. The number of rotatable bonds is 5. The number of hydrogen-bond donors (Lipinski definition) is 2. The molecule has 8 nitrogen and oxygen atoms in total. The molecule has 0 radical (unpaired) electrons. The Morgan fingerprint density at radius 1 is 1.16 bits per heavy atom. The lowest BCUT2D eigenvalue weighted by Gasteiger charge is -2.32. The van der Waals surface area contributed by atoms with Crippen molar-refractivity contribution in [3.8, 4) is 17.1 Å². The highest BCUT2D eigenvalue weighted by Crippen LogP contribution is 2.43. The molecule has 0 unspecified atom stereocenters. The van der Waals surface area contributed by atoms with Gasteiger partial charge in [-0.1, -0.05) is 48.0 Å². The first-order valence-electron chi connectivity index (χ1n) is 12.0. The lowest BCUT2D eigenvalue weighted by atomic mass is 9.73. The summed E-state index contributed by atoms with van der Waals surface area (Å²) in [5.74, 6) is 0.883. The zero-order valence-electron chi connectivity index (χ0n) is 21.7. The van der Waals surface area contributed by atoms with Crippen molar-refractivity contribution in [3.05, 3.63) is 75.0 Å². The lowest BCUT2D eigenvalue weighted by Crippen LogP contribution is -2.28. The molecule has 0 aliphatic heterocycles. The average Bonchev–Trinajstić information content (AvgIpc) is 3.17. The number of nitrogens with one attached hydrogen (secondary N) is 2. The van der Waals surface area contributed by atoms with Crippen molar-refractivity contribution in [2.24, 2.45) is 7.05 Å². The van der Waals surface area contributed by atoms with E-state index in [2.05, 4.69) is 50.5 Å². The molecule has 0 spiro atoms. The summed E-state index contributed by atoms with van der Waals surface area (Å²) in [4.78, 5) is 23.0. The van der Waals surface area contributed by atoms with Gasteiger partial charge in [0.1, 0.15) is 5.75 Å². The van der Waals surface area contributed by atoms with Gasteiger partial charge in [0.15, 0.2) is 5.69 Å². The van der Waals surface area contributed by atoms with Crippen molar-refractivity contribution in [3.63, 3.8) is 0 Å². The second-order valence-electron chi connectivity index (χ2n) is 10.0. The van der Waals surface area contributed by atoms with E-state index in [4.69, 9.17) is 9.72 Å². The highest BCUT2D eigenvalue weighted by Gasteiger charge is 2.38. The van der Waals surface area contributed by atoms with Crippen molar-refractivity contribution >= 4 is 39.2 Å². The second kappa shape index (κ2) is 9.30. The zero-order chi connectivity index (χ0) is 26.5. The maximum absolute atomic E-state index is 13.5. The number of para-hydroxylation sites is 1. The molecule has 0 fully saturated rings. The number of halogens is 1. The van der Waals surface area contributed by atoms with Crippen LogP contribution in [-0.4, -0.2) is 32.8 Å². The number of benzene rings is 2.